The molecule has 0 saturated carbocycles. The van der Waals surface area contributed by atoms with Crippen LogP contribution in [0, 0.1) is 11.8 Å². The highest BCUT2D eigenvalue weighted by molar-refractivity contribution is 6.32. The van der Waals surface area contributed by atoms with E-state index in [4.69, 9.17) is 4.74 Å². The third kappa shape index (κ3) is 2.43. The van der Waals surface area contributed by atoms with E-state index in [-0.39, 0.29) is 36.9 Å². The fraction of sp³-hybridized carbons (Fsp3) is 0.200. The Bertz CT molecular complexity index is 900. The molecule has 0 amide bonds. The molecule has 1 saturated heterocycles. The molecule has 4 atom stereocenters. The van der Waals surface area contributed by atoms with Crippen molar-refractivity contribution < 1.29 is 9.76 Å². The second-order valence-electron chi connectivity index (χ2n) is 7.39. The van der Waals surface area contributed by atoms with Crippen molar-refractivity contribution in [2.45, 2.75) is 17.6 Å². The van der Waals surface area contributed by atoms with Crippen LogP contribution in [0.5, 0.6) is 0 Å². The Hall–Kier alpha value is -2.62. The average Bonchev–Trinajstić information content (AvgIpc) is 3.04. The molecule has 1 aliphatic carbocycles. The SMILES string of the molecule is C=CC1OC(C=C)C(/C=C/BO)C2(c3ccccc3-c3ccccc32)C1C=C. The van der Waals surface area contributed by atoms with Crippen LogP contribution in [-0.2, 0) is 10.2 Å². The number of ether oxygens (including phenoxy) is 1. The van der Waals surface area contributed by atoms with Crippen LogP contribution in [0.15, 0.2) is 98.5 Å². The largest absolute Gasteiger partial charge is 0.450 e. The number of rotatable bonds is 5. The summed E-state index contributed by atoms with van der Waals surface area (Å²) in [6.45, 7) is 12.3. The Morgan fingerprint density at radius 1 is 0.821 bits per heavy atom. The molecule has 1 fully saturated rings. The molecule has 4 unspecified atom stereocenters. The van der Waals surface area contributed by atoms with Gasteiger partial charge >= 0.3 is 0 Å². The van der Waals surface area contributed by atoms with E-state index in [0.29, 0.717) is 0 Å². The van der Waals surface area contributed by atoms with E-state index in [1.165, 1.54) is 22.3 Å². The van der Waals surface area contributed by atoms with E-state index in [9.17, 15) is 5.02 Å². The molecule has 2 nitrogen and oxygen atoms in total. The molecule has 3 heteroatoms. The summed E-state index contributed by atoms with van der Waals surface area (Å²) in [5, 5.41) is 9.51. The van der Waals surface area contributed by atoms with Crippen molar-refractivity contribution in [3.63, 3.8) is 0 Å². The van der Waals surface area contributed by atoms with Gasteiger partial charge in [-0.2, -0.15) is 0 Å². The smallest absolute Gasteiger partial charge is 0.297 e. The Labute approximate surface area is 167 Å². The number of hydrogen-bond donors (Lipinski definition) is 1. The molecule has 2 aromatic rings. The van der Waals surface area contributed by atoms with Crippen molar-refractivity contribution in [1.29, 1.82) is 0 Å². The second-order valence-corrected chi connectivity index (χ2v) is 7.39. The van der Waals surface area contributed by atoms with Crippen LogP contribution in [-0.4, -0.2) is 24.7 Å². The molecular weight excluding hydrogens is 343 g/mol. The minimum Gasteiger partial charge on any atom is -0.450 e. The lowest BCUT2D eigenvalue weighted by molar-refractivity contribution is -0.0788. The van der Waals surface area contributed by atoms with Gasteiger partial charge in [-0.1, -0.05) is 78.8 Å². The summed E-state index contributed by atoms with van der Waals surface area (Å²) in [5.41, 5.74) is 4.68. The van der Waals surface area contributed by atoms with Crippen LogP contribution in [0.25, 0.3) is 11.1 Å². The first kappa shape index (κ1) is 18.7. The van der Waals surface area contributed by atoms with E-state index in [0.717, 1.165) is 0 Å². The molecule has 0 radical (unpaired) electrons. The van der Waals surface area contributed by atoms with Crippen LogP contribution >= 0.6 is 0 Å². The van der Waals surface area contributed by atoms with E-state index >= 15 is 0 Å². The maximum absolute atomic E-state index is 9.51. The lowest BCUT2D eigenvalue weighted by Gasteiger charge is -2.52. The highest BCUT2D eigenvalue weighted by Crippen LogP contribution is 2.61. The third-order valence-corrected chi connectivity index (χ3v) is 6.28. The second kappa shape index (κ2) is 7.42. The summed E-state index contributed by atoms with van der Waals surface area (Å²) in [7, 11) is -0.0105. The van der Waals surface area contributed by atoms with Gasteiger partial charge in [-0.15, -0.1) is 19.7 Å². The Balaban J connectivity index is 2.11. The summed E-state index contributed by atoms with van der Waals surface area (Å²) in [5.74, 6) is 1.78. The number of fused-ring (bicyclic) bond motifs is 5. The van der Waals surface area contributed by atoms with Gasteiger partial charge in [-0.05, 0) is 22.3 Å². The molecule has 4 rings (SSSR count). The van der Waals surface area contributed by atoms with Gasteiger partial charge in [0, 0.05) is 17.3 Å². The molecular formula is C25H25BO2. The number of benzene rings is 2. The predicted molar refractivity (Wildman–Crippen MR) is 117 cm³/mol. The fourth-order valence-electron chi connectivity index (χ4n) is 5.31. The van der Waals surface area contributed by atoms with Gasteiger partial charge in [-0.25, -0.2) is 0 Å². The molecule has 1 aliphatic heterocycles. The van der Waals surface area contributed by atoms with Crippen molar-refractivity contribution >= 4 is 7.48 Å². The zero-order chi connectivity index (χ0) is 19.7. The molecule has 0 aromatic heterocycles. The van der Waals surface area contributed by atoms with Crippen molar-refractivity contribution in [3.8, 4) is 11.1 Å². The lowest BCUT2D eigenvalue weighted by atomic mass is 9.56. The minimum atomic E-state index is -0.365. The van der Waals surface area contributed by atoms with Crippen molar-refractivity contribution in [1.82, 2.24) is 0 Å². The van der Waals surface area contributed by atoms with E-state index < -0.39 is 0 Å². The fourth-order valence-corrected chi connectivity index (χ4v) is 5.31. The quantitative estimate of drug-likeness (QED) is 0.627. The topological polar surface area (TPSA) is 29.5 Å². The Morgan fingerprint density at radius 3 is 1.86 bits per heavy atom. The molecule has 2 aliphatic rings. The highest BCUT2D eigenvalue weighted by Gasteiger charge is 2.58. The van der Waals surface area contributed by atoms with E-state index in [1.807, 2.05) is 24.2 Å². The highest BCUT2D eigenvalue weighted by atomic mass is 16.5. The van der Waals surface area contributed by atoms with Gasteiger partial charge in [0.1, 0.15) is 0 Å². The van der Waals surface area contributed by atoms with Crippen molar-refractivity contribution in [2.75, 3.05) is 0 Å². The van der Waals surface area contributed by atoms with Crippen LogP contribution < -0.4 is 0 Å². The van der Waals surface area contributed by atoms with E-state index in [1.54, 1.807) is 0 Å². The standard InChI is InChI=1S/C25H25BO2/c1-4-19-23(5-2)28-24(6-3)22(15-16-26-27)25(19)20-13-9-7-11-17(20)18-12-8-10-14-21(18)25/h4-16,19,22-24,26-27H,1-3H2/b16-15+. The predicted octanol–water partition coefficient (Wildman–Crippen LogP) is 4.37. The first-order chi connectivity index (χ1) is 13.7. The lowest BCUT2D eigenvalue weighted by Crippen LogP contribution is -2.55. The molecule has 2 aromatic carbocycles. The van der Waals surface area contributed by atoms with Crippen molar-refractivity contribution in [3.05, 3.63) is 110 Å². The van der Waals surface area contributed by atoms with Gasteiger partial charge in [-0.3, -0.25) is 0 Å². The summed E-state index contributed by atoms with van der Waals surface area (Å²) >= 11 is 0. The molecule has 0 bridgehead atoms. The van der Waals surface area contributed by atoms with Crippen LogP contribution in [0.4, 0.5) is 0 Å². The zero-order valence-electron chi connectivity index (χ0n) is 16.0. The van der Waals surface area contributed by atoms with Gasteiger partial charge in [0.2, 0.25) is 0 Å². The van der Waals surface area contributed by atoms with Crippen LogP contribution in [0.1, 0.15) is 11.1 Å². The maximum Gasteiger partial charge on any atom is 0.297 e. The van der Waals surface area contributed by atoms with Crippen LogP contribution in [0.2, 0.25) is 0 Å². The van der Waals surface area contributed by atoms with Gasteiger partial charge < -0.3 is 9.76 Å². The minimum absolute atomic E-state index is 0.000608. The first-order valence-corrected chi connectivity index (χ1v) is 9.74. The average molecular weight is 368 g/mol. The van der Waals surface area contributed by atoms with Gasteiger partial charge in [0.25, 0.3) is 7.48 Å². The number of hydrogen-bond acceptors (Lipinski definition) is 2. The third-order valence-electron chi connectivity index (χ3n) is 6.28. The summed E-state index contributed by atoms with van der Waals surface area (Å²) in [4.78, 5) is 0. The molecule has 1 N–H and O–H groups in total. The van der Waals surface area contributed by atoms with Gasteiger partial charge in [0.05, 0.1) is 12.2 Å². The summed E-state index contributed by atoms with van der Waals surface area (Å²) < 4.78 is 6.37. The first-order valence-electron chi connectivity index (χ1n) is 9.74. The summed E-state index contributed by atoms with van der Waals surface area (Å²) in [6, 6.07) is 17.2. The molecule has 28 heavy (non-hydrogen) atoms. The van der Waals surface area contributed by atoms with Crippen LogP contribution in [0.3, 0.4) is 0 Å². The van der Waals surface area contributed by atoms with Crippen molar-refractivity contribution in [2.24, 2.45) is 11.8 Å². The monoisotopic (exact) mass is 368 g/mol. The zero-order valence-corrected chi connectivity index (χ0v) is 16.0. The Morgan fingerprint density at radius 2 is 1.36 bits per heavy atom. The Kier molecular flexibility index (Phi) is 4.97. The van der Waals surface area contributed by atoms with E-state index in [2.05, 4.69) is 74.3 Å². The molecule has 1 heterocycles. The molecule has 1 spiro atoms. The van der Waals surface area contributed by atoms with Gasteiger partial charge in [0.15, 0.2) is 0 Å². The maximum atomic E-state index is 9.51. The normalized spacial score (nSPS) is 27.2. The molecule has 140 valence electrons. The summed E-state index contributed by atoms with van der Waals surface area (Å²) in [6.07, 6.45) is 7.44.